The molecule has 0 spiro atoms. The van der Waals surface area contributed by atoms with Gasteiger partial charge in [0.15, 0.2) is 6.79 Å². The zero-order valence-electron chi connectivity index (χ0n) is 14.0. The molecule has 0 unspecified atom stereocenters. The molecule has 0 aromatic heterocycles. The largest absolute Gasteiger partial charge is 0.493 e. The van der Waals surface area contributed by atoms with Crippen molar-refractivity contribution in [3.8, 4) is 11.5 Å². The van der Waals surface area contributed by atoms with Gasteiger partial charge in [-0.25, -0.2) is 4.79 Å². The highest BCUT2D eigenvalue weighted by molar-refractivity contribution is 5.87. The molecule has 0 saturated carbocycles. The molecule has 1 aliphatic rings. The third kappa shape index (κ3) is 4.48. The quantitative estimate of drug-likeness (QED) is 0.439. The number of allylic oxidation sites excluding steroid dienone is 1. The molecule has 0 amide bonds. The van der Waals surface area contributed by atoms with Gasteiger partial charge >= 0.3 is 5.97 Å². The van der Waals surface area contributed by atoms with Gasteiger partial charge < -0.3 is 18.9 Å². The number of hydrogen-bond acceptors (Lipinski definition) is 5. The summed E-state index contributed by atoms with van der Waals surface area (Å²) in [5, 5.41) is 0. The highest BCUT2D eigenvalue weighted by atomic mass is 16.7. The van der Waals surface area contributed by atoms with E-state index in [4.69, 9.17) is 18.9 Å². The summed E-state index contributed by atoms with van der Waals surface area (Å²) in [6, 6.07) is 3.97. The van der Waals surface area contributed by atoms with Crippen LogP contribution >= 0.6 is 0 Å². The summed E-state index contributed by atoms with van der Waals surface area (Å²) < 4.78 is 21.5. The molecule has 126 valence electrons. The molecule has 1 aromatic rings. The molecule has 0 radical (unpaired) electrons. The number of rotatable bonds is 7. The third-order valence-corrected chi connectivity index (χ3v) is 3.68. The van der Waals surface area contributed by atoms with Gasteiger partial charge in [0.1, 0.15) is 11.5 Å². The molecule has 1 heterocycles. The van der Waals surface area contributed by atoms with E-state index < -0.39 is 0 Å². The fourth-order valence-electron chi connectivity index (χ4n) is 2.51. The van der Waals surface area contributed by atoms with E-state index in [0.29, 0.717) is 25.2 Å². The molecular formula is C18H24O5. The number of ether oxygens (including phenoxy) is 4. The molecule has 2 rings (SSSR count). The fraction of sp³-hybridized carbons (Fsp3) is 0.500. The second-order valence-electron chi connectivity index (χ2n) is 5.35. The van der Waals surface area contributed by atoms with Gasteiger partial charge in [-0.1, -0.05) is 12.1 Å². The first kappa shape index (κ1) is 17.3. The molecule has 1 aliphatic heterocycles. The van der Waals surface area contributed by atoms with Gasteiger partial charge in [-0.2, -0.15) is 0 Å². The van der Waals surface area contributed by atoms with Crippen LogP contribution in [0.2, 0.25) is 0 Å². The predicted molar refractivity (Wildman–Crippen MR) is 86.9 cm³/mol. The summed E-state index contributed by atoms with van der Waals surface area (Å²) in [4.78, 5) is 11.7. The Bertz CT molecular complexity index is 577. The molecule has 0 fully saturated rings. The van der Waals surface area contributed by atoms with Gasteiger partial charge in [0.2, 0.25) is 0 Å². The van der Waals surface area contributed by atoms with Gasteiger partial charge in [-0.05, 0) is 44.7 Å². The first-order valence-electron chi connectivity index (χ1n) is 7.90. The first-order valence-corrected chi connectivity index (χ1v) is 7.90. The van der Waals surface area contributed by atoms with Crippen LogP contribution in [0.3, 0.4) is 0 Å². The van der Waals surface area contributed by atoms with Gasteiger partial charge in [0.05, 0.1) is 13.2 Å². The van der Waals surface area contributed by atoms with E-state index >= 15 is 0 Å². The fourth-order valence-corrected chi connectivity index (χ4v) is 2.51. The summed E-state index contributed by atoms with van der Waals surface area (Å²) in [5.41, 5.74) is 2.71. The van der Waals surface area contributed by atoms with E-state index in [1.54, 1.807) is 21.0 Å². The van der Waals surface area contributed by atoms with E-state index in [2.05, 4.69) is 0 Å². The van der Waals surface area contributed by atoms with E-state index in [9.17, 15) is 4.79 Å². The Hall–Kier alpha value is -2.01. The van der Waals surface area contributed by atoms with Crippen molar-refractivity contribution in [2.75, 3.05) is 27.1 Å². The number of methoxy groups -OCH3 is 1. The van der Waals surface area contributed by atoms with Gasteiger partial charge in [-0.3, -0.25) is 0 Å². The highest BCUT2D eigenvalue weighted by Gasteiger charge is 2.19. The molecule has 1 aromatic carbocycles. The van der Waals surface area contributed by atoms with Crippen LogP contribution in [0.4, 0.5) is 0 Å². The number of hydrogen-bond donors (Lipinski definition) is 0. The summed E-state index contributed by atoms with van der Waals surface area (Å²) in [6.45, 7) is 4.80. The Morgan fingerprint density at radius 2 is 2.22 bits per heavy atom. The van der Waals surface area contributed by atoms with Crippen molar-refractivity contribution in [2.45, 2.75) is 33.1 Å². The van der Waals surface area contributed by atoms with Crippen molar-refractivity contribution in [3.63, 3.8) is 0 Å². The maximum absolute atomic E-state index is 11.7. The second-order valence-corrected chi connectivity index (χ2v) is 5.35. The summed E-state index contributed by atoms with van der Waals surface area (Å²) in [6.07, 6.45) is 4.41. The van der Waals surface area contributed by atoms with Crippen molar-refractivity contribution in [1.29, 1.82) is 0 Å². The lowest BCUT2D eigenvalue weighted by Gasteiger charge is -2.22. The minimum atomic E-state index is -0.294. The number of carbonyl (C=O) groups is 1. The van der Waals surface area contributed by atoms with Crippen LogP contribution in [0.15, 0.2) is 23.8 Å². The molecule has 23 heavy (non-hydrogen) atoms. The molecule has 5 nitrogen and oxygen atoms in total. The second kappa shape index (κ2) is 8.58. The number of fused-ring (bicyclic) bond motifs is 1. The Kier molecular flexibility index (Phi) is 6.47. The van der Waals surface area contributed by atoms with Crippen LogP contribution < -0.4 is 9.47 Å². The summed E-state index contributed by atoms with van der Waals surface area (Å²) in [5.74, 6) is 1.30. The van der Waals surface area contributed by atoms with Crippen molar-refractivity contribution < 1.29 is 23.7 Å². The zero-order chi connectivity index (χ0) is 16.7. The average Bonchev–Trinajstić information content (AvgIpc) is 2.58. The lowest BCUT2D eigenvalue weighted by atomic mass is 9.99. The standard InChI is InChI=1S/C18H24O5/c1-4-21-18(19)13(2)7-9-15-16(23-12-20-3)10-8-14-6-5-11-22-17(14)15/h7-8,10H,4-6,9,11-12H2,1-3H3/b13-7-. The summed E-state index contributed by atoms with van der Waals surface area (Å²) in [7, 11) is 1.58. The third-order valence-electron chi connectivity index (χ3n) is 3.68. The molecule has 5 heteroatoms. The normalized spacial score (nSPS) is 14.0. The van der Waals surface area contributed by atoms with Crippen LogP contribution in [0, 0.1) is 0 Å². The molecule has 0 N–H and O–H groups in total. The zero-order valence-corrected chi connectivity index (χ0v) is 14.0. The van der Waals surface area contributed by atoms with E-state index in [0.717, 1.165) is 29.9 Å². The smallest absolute Gasteiger partial charge is 0.333 e. The minimum absolute atomic E-state index is 0.173. The lowest BCUT2D eigenvalue weighted by molar-refractivity contribution is -0.138. The van der Waals surface area contributed by atoms with Gasteiger partial charge in [-0.15, -0.1) is 0 Å². The van der Waals surface area contributed by atoms with Crippen LogP contribution in [-0.4, -0.2) is 33.1 Å². The molecular weight excluding hydrogens is 296 g/mol. The summed E-state index contributed by atoms with van der Waals surface area (Å²) >= 11 is 0. The maximum Gasteiger partial charge on any atom is 0.333 e. The Labute approximate surface area is 137 Å². The average molecular weight is 320 g/mol. The van der Waals surface area contributed by atoms with Gasteiger partial charge in [0, 0.05) is 18.2 Å². The van der Waals surface area contributed by atoms with E-state index in [1.807, 2.05) is 18.2 Å². The molecule has 0 bridgehead atoms. The van der Waals surface area contributed by atoms with Crippen LogP contribution in [0.25, 0.3) is 0 Å². The van der Waals surface area contributed by atoms with Crippen LogP contribution in [0.1, 0.15) is 31.4 Å². The molecule has 0 aliphatic carbocycles. The predicted octanol–water partition coefficient (Wildman–Crippen LogP) is 3.05. The van der Waals surface area contributed by atoms with Crippen molar-refractivity contribution >= 4 is 5.97 Å². The highest BCUT2D eigenvalue weighted by Crippen LogP contribution is 2.36. The number of aryl methyl sites for hydroxylation is 1. The van der Waals surface area contributed by atoms with Crippen LogP contribution in [0.5, 0.6) is 11.5 Å². The van der Waals surface area contributed by atoms with E-state index in [1.165, 1.54) is 5.56 Å². The maximum atomic E-state index is 11.7. The lowest BCUT2D eigenvalue weighted by Crippen LogP contribution is -2.12. The monoisotopic (exact) mass is 320 g/mol. The number of carbonyl (C=O) groups excluding carboxylic acids is 1. The minimum Gasteiger partial charge on any atom is -0.493 e. The Morgan fingerprint density at radius 3 is 2.96 bits per heavy atom. The Balaban J connectivity index is 2.26. The molecule has 0 atom stereocenters. The SMILES string of the molecule is CCOC(=O)/C(C)=C\Cc1c(OCOC)ccc2c1OCCC2. The van der Waals surface area contributed by atoms with Crippen LogP contribution in [-0.2, 0) is 27.1 Å². The number of benzene rings is 1. The van der Waals surface area contributed by atoms with Crippen molar-refractivity contribution in [3.05, 3.63) is 34.9 Å². The van der Waals surface area contributed by atoms with E-state index in [-0.39, 0.29) is 12.8 Å². The Morgan fingerprint density at radius 1 is 1.39 bits per heavy atom. The van der Waals surface area contributed by atoms with Crippen molar-refractivity contribution in [1.82, 2.24) is 0 Å². The van der Waals surface area contributed by atoms with Crippen molar-refractivity contribution in [2.24, 2.45) is 0 Å². The van der Waals surface area contributed by atoms with Gasteiger partial charge in [0.25, 0.3) is 0 Å². The molecule has 0 saturated heterocycles. The number of esters is 1. The topological polar surface area (TPSA) is 54.0 Å². The first-order chi connectivity index (χ1) is 11.2.